The van der Waals surface area contributed by atoms with Crippen molar-refractivity contribution < 1.29 is 4.79 Å². The first kappa shape index (κ1) is 23.8. The monoisotopic (exact) mass is 455 g/mol. The first-order valence-corrected chi connectivity index (χ1v) is 12.8. The molecule has 0 radical (unpaired) electrons. The van der Waals surface area contributed by atoms with E-state index in [0.717, 1.165) is 40.7 Å². The topological polar surface area (TPSA) is 36.4 Å². The van der Waals surface area contributed by atoms with Gasteiger partial charge in [0.05, 0.1) is 10.2 Å². The number of amides is 1. The Morgan fingerprint density at radius 1 is 1.00 bits per heavy atom. The lowest BCUT2D eigenvalue weighted by Gasteiger charge is -2.24. The van der Waals surface area contributed by atoms with Gasteiger partial charge in [0.1, 0.15) is 0 Å². The number of rotatable bonds is 10. The Morgan fingerprint density at radius 3 is 2.39 bits per heavy atom. The second-order valence-electron chi connectivity index (χ2n) is 7.83. The van der Waals surface area contributed by atoms with Gasteiger partial charge in [-0.05, 0) is 63.2 Å². The molecule has 1 heterocycles. The van der Waals surface area contributed by atoms with Crippen LogP contribution in [-0.2, 0) is 4.79 Å². The Balaban J connectivity index is 1.76. The molecule has 6 heteroatoms. The number of hydrogen-bond acceptors (Lipinski definition) is 5. The number of aryl methyl sites for hydroxylation is 3. The summed E-state index contributed by atoms with van der Waals surface area (Å²) in [5, 5.41) is 0.821. The molecule has 0 spiro atoms. The van der Waals surface area contributed by atoms with E-state index in [4.69, 9.17) is 4.98 Å². The van der Waals surface area contributed by atoms with E-state index in [9.17, 15) is 4.79 Å². The summed E-state index contributed by atoms with van der Waals surface area (Å²) in [5.74, 6) is 0.923. The van der Waals surface area contributed by atoms with Gasteiger partial charge in [0.2, 0.25) is 5.91 Å². The van der Waals surface area contributed by atoms with E-state index < -0.39 is 0 Å². The van der Waals surface area contributed by atoms with E-state index in [1.807, 2.05) is 4.90 Å². The van der Waals surface area contributed by atoms with Crippen LogP contribution in [0.25, 0.3) is 10.2 Å². The SMILES string of the molecule is CCN(CC)CCN(C(=O)CCSc1ccc(C)cc1)c1nc2c(C)c(C)ccc2s1. The lowest BCUT2D eigenvalue weighted by molar-refractivity contribution is -0.118. The van der Waals surface area contributed by atoms with Crippen LogP contribution in [0.5, 0.6) is 0 Å². The Labute approximate surface area is 194 Å². The molecular formula is C25H33N3OS2. The molecule has 0 unspecified atom stereocenters. The molecule has 2 aromatic carbocycles. The van der Waals surface area contributed by atoms with Gasteiger partial charge in [-0.15, -0.1) is 11.8 Å². The third kappa shape index (κ3) is 6.09. The number of likely N-dealkylation sites (N-methyl/N-ethyl adjacent to an activating group) is 1. The van der Waals surface area contributed by atoms with E-state index in [1.165, 1.54) is 21.6 Å². The van der Waals surface area contributed by atoms with Crippen molar-refractivity contribution in [3.63, 3.8) is 0 Å². The average molecular weight is 456 g/mol. The Bertz CT molecular complexity index is 1010. The maximum absolute atomic E-state index is 13.3. The molecule has 0 aliphatic rings. The van der Waals surface area contributed by atoms with E-state index in [0.29, 0.717) is 13.0 Å². The Morgan fingerprint density at radius 2 is 1.71 bits per heavy atom. The van der Waals surface area contributed by atoms with Gasteiger partial charge in [-0.2, -0.15) is 0 Å². The summed E-state index contributed by atoms with van der Waals surface area (Å²) < 4.78 is 1.15. The Hall–Kier alpha value is -1.89. The molecule has 166 valence electrons. The number of anilines is 1. The van der Waals surface area contributed by atoms with Crippen LogP contribution in [0.1, 0.15) is 37.0 Å². The summed E-state index contributed by atoms with van der Waals surface area (Å²) in [7, 11) is 0. The van der Waals surface area contributed by atoms with Gasteiger partial charge in [-0.3, -0.25) is 9.69 Å². The number of thiazole rings is 1. The van der Waals surface area contributed by atoms with Gasteiger partial charge in [-0.25, -0.2) is 4.98 Å². The fourth-order valence-corrected chi connectivity index (χ4v) is 5.37. The van der Waals surface area contributed by atoms with Crippen molar-refractivity contribution in [3.8, 4) is 0 Å². The van der Waals surface area contributed by atoms with Crippen molar-refractivity contribution >= 4 is 44.4 Å². The maximum atomic E-state index is 13.3. The van der Waals surface area contributed by atoms with Crippen LogP contribution in [0.15, 0.2) is 41.3 Å². The van der Waals surface area contributed by atoms with Crippen LogP contribution in [0.2, 0.25) is 0 Å². The number of hydrogen-bond donors (Lipinski definition) is 0. The zero-order valence-electron chi connectivity index (χ0n) is 19.3. The molecule has 0 aliphatic carbocycles. The third-order valence-corrected chi connectivity index (χ3v) is 7.80. The minimum Gasteiger partial charge on any atom is -0.302 e. The fourth-order valence-electron chi connectivity index (χ4n) is 3.46. The van der Waals surface area contributed by atoms with Crippen molar-refractivity contribution in [3.05, 3.63) is 53.1 Å². The minimum absolute atomic E-state index is 0.153. The molecule has 0 aliphatic heterocycles. The molecule has 0 fully saturated rings. The zero-order chi connectivity index (χ0) is 22.4. The highest BCUT2D eigenvalue weighted by Gasteiger charge is 2.21. The van der Waals surface area contributed by atoms with Crippen molar-refractivity contribution in [1.82, 2.24) is 9.88 Å². The van der Waals surface area contributed by atoms with E-state index in [1.54, 1.807) is 23.1 Å². The molecule has 0 N–H and O–H groups in total. The van der Waals surface area contributed by atoms with Gasteiger partial charge >= 0.3 is 0 Å². The van der Waals surface area contributed by atoms with Crippen molar-refractivity contribution in [1.29, 1.82) is 0 Å². The second kappa shape index (κ2) is 11.1. The van der Waals surface area contributed by atoms with Crippen molar-refractivity contribution in [2.75, 3.05) is 36.8 Å². The first-order chi connectivity index (χ1) is 14.9. The van der Waals surface area contributed by atoms with Crippen LogP contribution in [0, 0.1) is 20.8 Å². The van der Waals surface area contributed by atoms with Crippen LogP contribution >= 0.6 is 23.1 Å². The number of fused-ring (bicyclic) bond motifs is 1. The molecule has 4 nitrogen and oxygen atoms in total. The standard InChI is InChI=1S/C25H33N3OS2/c1-6-27(7-2)15-16-28(23(29)14-17-30-21-11-8-18(3)9-12-21)25-26-24-20(5)19(4)10-13-22(24)31-25/h8-13H,6-7,14-17H2,1-5H3. The summed E-state index contributed by atoms with van der Waals surface area (Å²) in [4.78, 5) is 23.6. The average Bonchev–Trinajstić information content (AvgIpc) is 3.20. The molecule has 1 aromatic heterocycles. The van der Waals surface area contributed by atoms with Crippen LogP contribution < -0.4 is 4.90 Å². The third-order valence-electron chi connectivity index (χ3n) is 5.75. The van der Waals surface area contributed by atoms with E-state index >= 15 is 0 Å². The van der Waals surface area contributed by atoms with Crippen LogP contribution in [0.4, 0.5) is 5.13 Å². The van der Waals surface area contributed by atoms with Crippen LogP contribution in [-0.4, -0.2) is 47.7 Å². The summed E-state index contributed by atoms with van der Waals surface area (Å²) in [6, 6.07) is 12.7. The molecule has 0 saturated heterocycles. The lowest BCUT2D eigenvalue weighted by Crippen LogP contribution is -2.39. The number of carbonyl (C=O) groups excluding carboxylic acids is 1. The van der Waals surface area contributed by atoms with Crippen LogP contribution in [0.3, 0.4) is 0 Å². The predicted molar refractivity (Wildman–Crippen MR) is 136 cm³/mol. The molecule has 31 heavy (non-hydrogen) atoms. The molecular weight excluding hydrogens is 422 g/mol. The highest BCUT2D eigenvalue weighted by molar-refractivity contribution is 7.99. The largest absolute Gasteiger partial charge is 0.302 e. The number of aromatic nitrogens is 1. The van der Waals surface area contributed by atoms with Gasteiger partial charge in [0, 0.05) is 30.2 Å². The zero-order valence-corrected chi connectivity index (χ0v) is 20.9. The summed E-state index contributed by atoms with van der Waals surface area (Å²) in [5.41, 5.74) is 4.71. The molecule has 3 aromatic rings. The molecule has 0 atom stereocenters. The van der Waals surface area contributed by atoms with E-state index in [-0.39, 0.29) is 5.91 Å². The second-order valence-corrected chi connectivity index (χ2v) is 10.0. The number of benzene rings is 2. The van der Waals surface area contributed by atoms with Gasteiger partial charge in [0.25, 0.3) is 0 Å². The number of nitrogens with zero attached hydrogens (tertiary/aromatic N) is 3. The maximum Gasteiger partial charge on any atom is 0.229 e. The highest BCUT2D eigenvalue weighted by atomic mass is 32.2. The first-order valence-electron chi connectivity index (χ1n) is 11.0. The molecule has 1 amide bonds. The van der Waals surface area contributed by atoms with Crippen molar-refractivity contribution in [2.45, 2.75) is 45.9 Å². The minimum atomic E-state index is 0.153. The number of thioether (sulfide) groups is 1. The summed E-state index contributed by atoms with van der Waals surface area (Å²) in [6.45, 7) is 14.1. The number of carbonyl (C=O) groups is 1. The summed E-state index contributed by atoms with van der Waals surface area (Å²) in [6.07, 6.45) is 0.505. The lowest BCUT2D eigenvalue weighted by atomic mass is 10.1. The van der Waals surface area contributed by atoms with Gasteiger partial charge in [-0.1, -0.05) is 48.9 Å². The molecule has 0 saturated carbocycles. The smallest absolute Gasteiger partial charge is 0.229 e. The normalized spacial score (nSPS) is 11.4. The van der Waals surface area contributed by atoms with Gasteiger partial charge in [0.15, 0.2) is 5.13 Å². The predicted octanol–water partition coefficient (Wildman–Crippen LogP) is 6.08. The molecule has 0 bridgehead atoms. The van der Waals surface area contributed by atoms with Crippen molar-refractivity contribution in [2.24, 2.45) is 0 Å². The summed E-state index contributed by atoms with van der Waals surface area (Å²) >= 11 is 3.36. The van der Waals surface area contributed by atoms with E-state index in [2.05, 4.69) is 75.9 Å². The quantitative estimate of drug-likeness (QED) is 0.347. The highest BCUT2D eigenvalue weighted by Crippen LogP contribution is 2.32. The molecule has 3 rings (SSSR count). The van der Waals surface area contributed by atoms with Gasteiger partial charge < -0.3 is 4.90 Å². The Kier molecular flexibility index (Phi) is 8.52. The fraction of sp³-hybridized carbons (Fsp3) is 0.440.